The first-order chi connectivity index (χ1) is 8.17. The Balaban J connectivity index is 2.37. The minimum Gasteiger partial charge on any atom is -0.378 e. The third-order valence-electron chi connectivity index (χ3n) is 3.37. The van der Waals surface area contributed by atoms with Gasteiger partial charge in [-0.1, -0.05) is 38.8 Å². The van der Waals surface area contributed by atoms with Crippen LogP contribution in [-0.4, -0.2) is 20.6 Å². The van der Waals surface area contributed by atoms with Crippen LogP contribution >= 0.6 is 0 Å². The molecule has 0 fully saturated rings. The fraction of sp³-hybridized carbons (Fsp3) is 0.600. The van der Waals surface area contributed by atoms with Crippen molar-refractivity contribution in [2.75, 3.05) is 25.5 Å². The molecule has 1 N–H and O–H groups in total. The zero-order valence-electron chi connectivity index (χ0n) is 11.7. The van der Waals surface area contributed by atoms with E-state index in [0.717, 1.165) is 19.0 Å². The van der Waals surface area contributed by atoms with Gasteiger partial charge in [0, 0.05) is 26.3 Å². The lowest BCUT2D eigenvalue weighted by atomic mass is 10.0. The highest BCUT2D eigenvalue weighted by Crippen LogP contribution is 2.12. The van der Waals surface area contributed by atoms with Crippen molar-refractivity contribution >= 4 is 5.69 Å². The van der Waals surface area contributed by atoms with Crippen LogP contribution in [0.4, 0.5) is 5.69 Å². The highest BCUT2D eigenvalue weighted by atomic mass is 15.1. The van der Waals surface area contributed by atoms with E-state index in [0.29, 0.717) is 0 Å². The van der Waals surface area contributed by atoms with Gasteiger partial charge in [0.25, 0.3) is 0 Å². The summed E-state index contributed by atoms with van der Waals surface area (Å²) >= 11 is 0. The molecule has 0 unspecified atom stereocenters. The van der Waals surface area contributed by atoms with Crippen molar-refractivity contribution in [3.05, 3.63) is 29.8 Å². The number of hydrogen-bond acceptors (Lipinski definition) is 2. The molecule has 0 atom stereocenters. The van der Waals surface area contributed by atoms with Crippen LogP contribution in [0.5, 0.6) is 0 Å². The first-order valence-corrected chi connectivity index (χ1v) is 6.64. The lowest BCUT2D eigenvalue weighted by Crippen LogP contribution is -2.21. The average molecular weight is 234 g/mol. The van der Waals surface area contributed by atoms with Gasteiger partial charge in [-0.2, -0.15) is 0 Å². The second-order valence-electron chi connectivity index (χ2n) is 4.87. The molecule has 1 rings (SSSR count). The summed E-state index contributed by atoms with van der Waals surface area (Å²) in [5, 5.41) is 3.54. The molecule has 1 aromatic rings. The standard InChI is InChI=1S/C15H26N2/c1-5-13(6-2)11-16-12-14-7-9-15(10-8-14)17(3)4/h7-10,13,16H,5-6,11-12H2,1-4H3. The Morgan fingerprint density at radius 1 is 1.06 bits per heavy atom. The van der Waals surface area contributed by atoms with Crippen molar-refractivity contribution in [1.29, 1.82) is 0 Å². The van der Waals surface area contributed by atoms with Crippen LogP contribution in [0, 0.1) is 5.92 Å². The quantitative estimate of drug-likeness (QED) is 0.779. The summed E-state index contributed by atoms with van der Waals surface area (Å²) in [6, 6.07) is 8.76. The third kappa shape index (κ3) is 4.78. The van der Waals surface area contributed by atoms with E-state index in [1.807, 2.05) is 0 Å². The Labute approximate surface area is 106 Å². The monoisotopic (exact) mass is 234 g/mol. The Hall–Kier alpha value is -1.02. The van der Waals surface area contributed by atoms with E-state index < -0.39 is 0 Å². The summed E-state index contributed by atoms with van der Waals surface area (Å²) in [5.74, 6) is 0.816. The minimum atomic E-state index is 0.816. The number of benzene rings is 1. The number of nitrogens with zero attached hydrogens (tertiary/aromatic N) is 1. The topological polar surface area (TPSA) is 15.3 Å². The Bertz CT molecular complexity index is 299. The molecule has 2 heteroatoms. The third-order valence-corrected chi connectivity index (χ3v) is 3.37. The van der Waals surface area contributed by atoms with Gasteiger partial charge >= 0.3 is 0 Å². The summed E-state index contributed by atoms with van der Waals surface area (Å²) in [6.45, 7) is 6.64. The summed E-state index contributed by atoms with van der Waals surface area (Å²) < 4.78 is 0. The molecule has 0 aliphatic carbocycles. The van der Waals surface area contributed by atoms with Crippen molar-refractivity contribution < 1.29 is 0 Å². The lowest BCUT2D eigenvalue weighted by Gasteiger charge is -2.15. The van der Waals surface area contributed by atoms with E-state index >= 15 is 0 Å². The molecule has 0 radical (unpaired) electrons. The molecule has 17 heavy (non-hydrogen) atoms. The predicted molar refractivity (Wildman–Crippen MR) is 76.5 cm³/mol. The van der Waals surface area contributed by atoms with Gasteiger partial charge in [0.2, 0.25) is 0 Å². The normalized spacial score (nSPS) is 10.9. The molecule has 96 valence electrons. The average Bonchev–Trinajstić information content (AvgIpc) is 2.35. The largest absolute Gasteiger partial charge is 0.378 e. The van der Waals surface area contributed by atoms with Crippen LogP contribution in [0.1, 0.15) is 32.3 Å². The van der Waals surface area contributed by atoms with Crippen molar-refractivity contribution in [2.45, 2.75) is 33.2 Å². The summed E-state index contributed by atoms with van der Waals surface area (Å²) in [7, 11) is 4.14. The molecule has 1 aromatic carbocycles. The molecule has 0 saturated carbocycles. The van der Waals surface area contributed by atoms with Crippen LogP contribution in [0.15, 0.2) is 24.3 Å². The van der Waals surface area contributed by atoms with Crippen molar-refractivity contribution in [3.8, 4) is 0 Å². The molecule has 0 amide bonds. The molecule has 0 aliphatic heterocycles. The van der Waals surface area contributed by atoms with E-state index in [1.165, 1.54) is 24.1 Å². The SMILES string of the molecule is CCC(CC)CNCc1ccc(N(C)C)cc1. The van der Waals surface area contributed by atoms with E-state index in [1.54, 1.807) is 0 Å². The maximum Gasteiger partial charge on any atom is 0.0361 e. The molecular formula is C15H26N2. The fourth-order valence-corrected chi connectivity index (χ4v) is 1.91. The van der Waals surface area contributed by atoms with Crippen LogP contribution in [0.25, 0.3) is 0 Å². The second-order valence-corrected chi connectivity index (χ2v) is 4.87. The number of rotatable bonds is 7. The molecule has 0 aliphatic rings. The predicted octanol–water partition coefficient (Wildman–Crippen LogP) is 3.28. The Morgan fingerprint density at radius 2 is 1.65 bits per heavy atom. The van der Waals surface area contributed by atoms with Gasteiger partial charge in [-0.25, -0.2) is 0 Å². The molecule has 0 heterocycles. The van der Waals surface area contributed by atoms with Crippen molar-refractivity contribution in [3.63, 3.8) is 0 Å². The van der Waals surface area contributed by atoms with Gasteiger partial charge < -0.3 is 10.2 Å². The number of hydrogen-bond donors (Lipinski definition) is 1. The second kappa shape index (κ2) is 7.33. The summed E-state index contributed by atoms with van der Waals surface area (Å²) in [6.07, 6.45) is 2.53. The van der Waals surface area contributed by atoms with Crippen LogP contribution in [0.3, 0.4) is 0 Å². The fourth-order valence-electron chi connectivity index (χ4n) is 1.91. The van der Waals surface area contributed by atoms with Crippen LogP contribution < -0.4 is 10.2 Å². The Morgan fingerprint density at radius 3 is 2.12 bits per heavy atom. The molecular weight excluding hydrogens is 208 g/mol. The van der Waals surface area contributed by atoms with Gasteiger partial charge in [0.15, 0.2) is 0 Å². The molecule has 0 spiro atoms. The van der Waals surface area contributed by atoms with Crippen LogP contribution in [-0.2, 0) is 6.54 Å². The highest BCUT2D eigenvalue weighted by molar-refractivity contribution is 5.45. The van der Waals surface area contributed by atoms with E-state index in [4.69, 9.17) is 0 Å². The van der Waals surface area contributed by atoms with E-state index in [-0.39, 0.29) is 0 Å². The summed E-state index contributed by atoms with van der Waals surface area (Å²) in [5.41, 5.74) is 2.62. The summed E-state index contributed by atoms with van der Waals surface area (Å²) in [4.78, 5) is 2.13. The lowest BCUT2D eigenvalue weighted by molar-refractivity contribution is 0.449. The molecule has 0 saturated heterocycles. The van der Waals surface area contributed by atoms with Gasteiger partial charge in [-0.05, 0) is 30.2 Å². The minimum absolute atomic E-state index is 0.816. The zero-order chi connectivity index (χ0) is 12.7. The Kier molecular flexibility index (Phi) is 6.06. The number of anilines is 1. The van der Waals surface area contributed by atoms with Gasteiger partial charge in [0.05, 0.1) is 0 Å². The molecule has 0 aromatic heterocycles. The first kappa shape index (κ1) is 14.0. The zero-order valence-corrected chi connectivity index (χ0v) is 11.7. The van der Waals surface area contributed by atoms with E-state index in [9.17, 15) is 0 Å². The highest BCUT2D eigenvalue weighted by Gasteiger charge is 2.02. The maximum absolute atomic E-state index is 3.54. The van der Waals surface area contributed by atoms with Gasteiger partial charge in [0.1, 0.15) is 0 Å². The molecule has 0 bridgehead atoms. The van der Waals surface area contributed by atoms with E-state index in [2.05, 4.69) is 62.4 Å². The van der Waals surface area contributed by atoms with Gasteiger partial charge in [-0.3, -0.25) is 0 Å². The molecule has 2 nitrogen and oxygen atoms in total. The number of nitrogens with one attached hydrogen (secondary N) is 1. The van der Waals surface area contributed by atoms with Gasteiger partial charge in [-0.15, -0.1) is 0 Å². The van der Waals surface area contributed by atoms with Crippen LogP contribution in [0.2, 0.25) is 0 Å². The smallest absolute Gasteiger partial charge is 0.0361 e. The van der Waals surface area contributed by atoms with Crippen molar-refractivity contribution in [2.24, 2.45) is 5.92 Å². The van der Waals surface area contributed by atoms with Crippen molar-refractivity contribution in [1.82, 2.24) is 5.32 Å². The first-order valence-electron chi connectivity index (χ1n) is 6.64. The maximum atomic E-state index is 3.54.